The van der Waals surface area contributed by atoms with Crippen LogP contribution in [0.25, 0.3) is 5.65 Å². The first-order chi connectivity index (χ1) is 9.29. The number of nitrogens with zero attached hydrogens (tertiary/aromatic N) is 3. The van der Waals surface area contributed by atoms with Crippen LogP contribution in [0.3, 0.4) is 0 Å². The molecule has 0 saturated carbocycles. The second kappa shape index (κ2) is 5.23. The third-order valence-electron chi connectivity index (χ3n) is 2.48. The van der Waals surface area contributed by atoms with Gasteiger partial charge in [-0.15, -0.1) is 0 Å². The van der Waals surface area contributed by atoms with Crippen LogP contribution in [0.4, 0.5) is 0 Å². The highest BCUT2D eigenvalue weighted by Crippen LogP contribution is 2.32. The van der Waals surface area contributed by atoms with E-state index in [-0.39, 0.29) is 10.5 Å². The summed E-state index contributed by atoms with van der Waals surface area (Å²) in [6, 6.07) is 3.55. The zero-order chi connectivity index (χ0) is 14.9. The third kappa shape index (κ3) is 2.98. The summed E-state index contributed by atoms with van der Waals surface area (Å²) in [6.07, 6.45) is 3.34. The van der Waals surface area contributed by atoms with Crippen LogP contribution in [-0.2, 0) is 10.0 Å². The number of primary sulfonamides is 1. The lowest BCUT2D eigenvalue weighted by molar-refractivity contribution is 0.604. The fourth-order valence-corrected chi connectivity index (χ4v) is 2.66. The average molecular weight is 308 g/mol. The number of allylic oxidation sites excluding steroid dienone is 2. The Hall–Kier alpha value is -1.90. The number of nitrogens with two attached hydrogens (primary N) is 1. The number of rotatable bonds is 5. The van der Waals surface area contributed by atoms with Crippen LogP contribution in [0.15, 0.2) is 64.7 Å². The fourth-order valence-electron chi connectivity index (χ4n) is 1.37. The number of imidazole rings is 1. The van der Waals surface area contributed by atoms with Crippen LogP contribution >= 0.6 is 11.8 Å². The number of sulfonamides is 1. The molecular weight excluding hydrogens is 296 g/mol. The summed E-state index contributed by atoms with van der Waals surface area (Å²) >= 11 is 1.18. The molecule has 0 radical (unpaired) electrons. The largest absolute Gasteiger partial charge is 0.238 e. The van der Waals surface area contributed by atoms with E-state index in [1.807, 2.05) is 0 Å². The molecule has 8 heteroatoms. The van der Waals surface area contributed by atoms with E-state index in [1.165, 1.54) is 11.8 Å². The minimum Gasteiger partial charge on any atom is -0.236 e. The molecule has 0 unspecified atom stereocenters. The van der Waals surface area contributed by atoms with Gasteiger partial charge in [-0.3, -0.25) is 0 Å². The van der Waals surface area contributed by atoms with Crippen molar-refractivity contribution in [2.75, 3.05) is 0 Å². The van der Waals surface area contributed by atoms with E-state index in [1.54, 1.807) is 29.0 Å². The van der Waals surface area contributed by atoms with Crippen molar-refractivity contribution in [2.24, 2.45) is 5.14 Å². The van der Waals surface area contributed by atoms with E-state index in [4.69, 9.17) is 5.14 Å². The van der Waals surface area contributed by atoms with Gasteiger partial charge in [0.25, 0.3) is 0 Å². The standard InChI is InChI=1S/C12H12N4O2S2/c1-8(10(3)20(13,17)18)9(2)19-12-5-4-11-14-6-7-16(11)15-12/h4-7H,1-3H2,(H2,13,17,18). The molecule has 0 fully saturated rings. The molecule has 0 bridgehead atoms. The molecule has 2 heterocycles. The van der Waals surface area contributed by atoms with Crippen molar-refractivity contribution < 1.29 is 8.42 Å². The summed E-state index contributed by atoms with van der Waals surface area (Å²) in [5, 5.41) is 9.92. The maximum absolute atomic E-state index is 11.2. The van der Waals surface area contributed by atoms with Gasteiger partial charge in [-0.2, -0.15) is 5.10 Å². The zero-order valence-electron chi connectivity index (χ0n) is 10.5. The van der Waals surface area contributed by atoms with E-state index in [2.05, 4.69) is 29.8 Å². The highest BCUT2D eigenvalue weighted by Gasteiger charge is 2.16. The maximum atomic E-state index is 11.2. The van der Waals surface area contributed by atoms with E-state index in [0.29, 0.717) is 15.6 Å². The molecular formula is C12H12N4O2S2. The van der Waals surface area contributed by atoms with Gasteiger partial charge in [0.2, 0.25) is 10.0 Å². The molecule has 0 aliphatic rings. The number of hydrogen-bond acceptors (Lipinski definition) is 5. The van der Waals surface area contributed by atoms with Gasteiger partial charge >= 0.3 is 0 Å². The molecule has 0 atom stereocenters. The molecule has 2 N–H and O–H groups in total. The van der Waals surface area contributed by atoms with Crippen LogP contribution in [0.2, 0.25) is 0 Å². The smallest absolute Gasteiger partial charge is 0.236 e. The minimum atomic E-state index is -3.87. The molecule has 6 nitrogen and oxygen atoms in total. The summed E-state index contributed by atoms with van der Waals surface area (Å²) in [7, 11) is -3.87. The first kappa shape index (κ1) is 14.5. The first-order valence-corrected chi connectivity index (χ1v) is 7.74. The molecule has 0 aliphatic carbocycles. The Bertz CT molecular complexity index is 821. The van der Waals surface area contributed by atoms with Crippen LogP contribution in [0.5, 0.6) is 0 Å². The van der Waals surface area contributed by atoms with Gasteiger partial charge in [0.05, 0.1) is 4.91 Å². The quantitative estimate of drug-likeness (QED) is 0.670. The van der Waals surface area contributed by atoms with Gasteiger partial charge < -0.3 is 0 Å². The van der Waals surface area contributed by atoms with Crippen molar-refractivity contribution in [3.63, 3.8) is 0 Å². The van der Waals surface area contributed by atoms with Gasteiger partial charge in [0, 0.05) is 22.9 Å². The lowest BCUT2D eigenvalue weighted by atomic mass is 10.3. The predicted octanol–water partition coefficient (Wildman–Crippen LogP) is 1.69. The van der Waals surface area contributed by atoms with Crippen molar-refractivity contribution in [3.05, 3.63) is 59.6 Å². The van der Waals surface area contributed by atoms with E-state index < -0.39 is 10.0 Å². The van der Waals surface area contributed by atoms with Crippen LogP contribution in [0.1, 0.15) is 0 Å². The Morgan fingerprint density at radius 2 is 2.00 bits per heavy atom. The van der Waals surface area contributed by atoms with E-state index >= 15 is 0 Å². The van der Waals surface area contributed by atoms with Crippen molar-refractivity contribution in [1.29, 1.82) is 0 Å². The normalized spacial score (nSPS) is 11.4. The fraction of sp³-hybridized carbons (Fsp3) is 0. The van der Waals surface area contributed by atoms with Gasteiger partial charge in [-0.25, -0.2) is 23.1 Å². The van der Waals surface area contributed by atoms with Gasteiger partial charge in [0.1, 0.15) is 5.03 Å². The third-order valence-corrected chi connectivity index (χ3v) is 4.33. The number of thioether (sulfide) groups is 1. The van der Waals surface area contributed by atoms with Crippen LogP contribution in [0, 0.1) is 0 Å². The second-order valence-corrected chi connectivity index (χ2v) is 6.57. The Labute approximate surface area is 120 Å². The summed E-state index contributed by atoms with van der Waals surface area (Å²) < 4.78 is 24.0. The van der Waals surface area contributed by atoms with Crippen molar-refractivity contribution in [2.45, 2.75) is 5.03 Å². The summed E-state index contributed by atoms with van der Waals surface area (Å²) in [5.41, 5.74) is 0.887. The molecule has 0 spiro atoms. The molecule has 0 aliphatic heterocycles. The highest BCUT2D eigenvalue weighted by atomic mass is 32.2. The molecule has 104 valence electrons. The second-order valence-electron chi connectivity index (χ2n) is 3.87. The van der Waals surface area contributed by atoms with Gasteiger partial charge in [-0.05, 0) is 12.1 Å². The SMILES string of the molecule is C=C(Sc1ccc2nccn2n1)C(=C)C(=C)S(N)(=O)=O. The Kier molecular flexibility index (Phi) is 3.80. The number of aromatic nitrogens is 3. The Morgan fingerprint density at radius 1 is 1.30 bits per heavy atom. The van der Waals surface area contributed by atoms with E-state index in [9.17, 15) is 8.42 Å². The molecule has 0 amide bonds. The van der Waals surface area contributed by atoms with Gasteiger partial charge in [-0.1, -0.05) is 31.5 Å². The van der Waals surface area contributed by atoms with Crippen molar-refractivity contribution in [1.82, 2.24) is 14.6 Å². The average Bonchev–Trinajstić information content (AvgIpc) is 2.83. The summed E-state index contributed by atoms with van der Waals surface area (Å²) in [4.78, 5) is 4.24. The number of fused-ring (bicyclic) bond motifs is 1. The zero-order valence-corrected chi connectivity index (χ0v) is 12.1. The van der Waals surface area contributed by atoms with E-state index in [0.717, 1.165) is 0 Å². The highest BCUT2D eigenvalue weighted by molar-refractivity contribution is 8.03. The molecule has 2 aromatic rings. The number of hydrogen-bond donors (Lipinski definition) is 1. The Morgan fingerprint density at radius 3 is 2.65 bits per heavy atom. The molecule has 2 rings (SSSR count). The Balaban J connectivity index is 2.19. The predicted molar refractivity (Wildman–Crippen MR) is 79.4 cm³/mol. The van der Waals surface area contributed by atoms with Crippen molar-refractivity contribution >= 4 is 27.4 Å². The molecule has 20 heavy (non-hydrogen) atoms. The monoisotopic (exact) mass is 308 g/mol. The lowest BCUT2D eigenvalue weighted by Gasteiger charge is -2.09. The van der Waals surface area contributed by atoms with Gasteiger partial charge in [0.15, 0.2) is 5.65 Å². The molecule has 0 aromatic carbocycles. The lowest BCUT2D eigenvalue weighted by Crippen LogP contribution is -2.15. The molecule has 2 aromatic heterocycles. The summed E-state index contributed by atoms with van der Waals surface area (Å²) in [6.45, 7) is 10.8. The minimum absolute atomic E-state index is 0.171. The topological polar surface area (TPSA) is 90.3 Å². The van der Waals surface area contributed by atoms with Crippen LogP contribution < -0.4 is 5.14 Å². The van der Waals surface area contributed by atoms with Crippen LogP contribution in [-0.4, -0.2) is 23.0 Å². The first-order valence-electron chi connectivity index (χ1n) is 5.37. The molecule has 0 saturated heterocycles. The van der Waals surface area contributed by atoms with Crippen molar-refractivity contribution in [3.8, 4) is 0 Å². The maximum Gasteiger partial charge on any atom is 0.238 e. The summed E-state index contributed by atoms with van der Waals surface area (Å²) in [5.74, 6) is 0.